The van der Waals surface area contributed by atoms with E-state index in [1.54, 1.807) is 23.3 Å². The van der Waals surface area contributed by atoms with Crippen molar-refractivity contribution in [2.24, 2.45) is 0 Å². The lowest BCUT2D eigenvalue weighted by Crippen LogP contribution is -2.22. The van der Waals surface area contributed by atoms with E-state index in [-0.39, 0.29) is 5.91 Å². The molecule has 6 heteroatoms. The highest BCUT2D eigenvalue weighted by atomic mass is 16.1. The second-order valence-electron chi connectivity index (χ2n) is 6.49. The van der Waals surface area contributed by atoms with Crippen LogP contribution in [0.4, 0.5) is 0 Å². The van der Waals surface area contributed by atoms with E-state index in [4.69, 9.17) is 0 Å². The lowest BCUT2D eigenvalue weighted by Gasteiger charge is -2.06. The number of aryl methyl sites for hydroxylation is 1. The van der Waals surface area contributed by atoms with Crippen molar-refractivity contribution in [1.82, 2.24) is 25.3 Å². The van der Waals surface area contributed by atoms with Crippen LogP contribution in [-0.2, 0) is 6.54 Å². The van der Waals surface area contributed by atoms with Gasteiger partial charge in [-0.25, -0.2) is 4.68 Å². The molecule has 2 aromatic heterocycles. The molecule has 138 valence electrons. The van der Waals surface area contributed by atoms with Crippen molar-refractivity contribution in [3.63, 3.8) is 0 Å². The van der Waals surface area contributed by atoms with Crippen LogP contribution in [0.3, 0.4) is 0 Å². The van der Waals surface area contributed by atoms with Gasteiger partial charge in [0.25, 0.3) is 5.91 Å². The first kappa shape index (κ1) is 17.6. The Balaban J connectivity index is 1.39. The van der Waals surface area contributed by atoms with Gasteiger partial charge in [0.15, 0.2) is 0 Å². The summed E-state index contributed by atoms with van der Waals surface area (Å²) in [7, 11) is 0. The molecule has 0 bridgehead atoms. The third-order valence-electron chi connectivity index (χ3n) is 4.43. The van der Waals surface area contributed by atoms with Crippen LogP contribution in [0.2, 0.25) is 0 Å². The number of nitrogens with one attached hydrogen (secondary N) is 1. The lowest BCUT2D eigenvalue weighted by atomic mass is 10.0. The summed E-state index contributed by atoms with van der Waals surface area (Å²) in [6.07, 6.45) is 5.17. The Bertz CT molecular complexity index is 1070. The summed E-state index contributed by atoms with van der Waals surface area (Å²) < 4.78 is 1.65. The van der Waals surface area contributed by atoms with Crippen molar-refractivity contribution in [2.75, 3.05) is 0 Å². The van der Waals surface area contributed by atoms with Crippen LogP contribution in [0.25, 0.3) is 16.8 Å². The number of hydrogen-bond donors (Lipinski definition) is 1. The van der Waals surface area contributed by atoms with Crippen molar-refractivity contribution in [3.05, 3.63) is 96.1 Å². The van der Waals surface area contributed by atoms with Gasteiger partial charge in [-0.15, -0.1) is 5.10 Å². The first-order valence-electron chi connectivity index (χ1n) is 8.96. The van der Waals surface area contributed by atoms with Gasteiger partial charge in [0.05, 0.1) is 18.4 Å². The van der Waals surface area contributed by atoms with E-state index in [2.05, 4.69) is 51.8 Å². The number of carbonyl (C=O) groups excluding carboxylic acids is 1. The minimum atomic E-state index is -0.145. The molecule has 0 atom stereocenters. The van der Waals surface area contributed by atoms with Gasteiger partial charge in [-0.1, -0.05) is 47.2 Å². The second kappa shape index (κ2) is 7.84. The van der Waals surface area contributed by atoms with E-state index in [9.17, 15) is 4.79 Å². The average molecular weight is 369 g/mol. The summed E-state index contributed by atoms with van der Waals surface area (Å²) in [4.78, 5) is 16.4. The van der Waals surface area contributed by atoms with E-state index < -0.39 is 0 Å². The van der Waals surface area contributed by atoms with Crippen LogP contribution in [0, 0.1) is 6.92 Å². The minimum absolute atomic E-state index is 0.145. The smallest absolute Gasteiger partial charge is 0.251 e. The minimum Gasteiger partial charge on any atom is -0.346 e. The average Bonchev–Trinajstić information content (AvgIpc) is 3.22. The lowest BCUT2D eigenvalue weighted by molar-refractivity contribution is 0.0950. The molecule has 2 heterocycles. The standard InChI is InChI=1S/C22H19N5O/c1-16-2-4-17(5-3-16)18-6-8-19(9-7-18)22(28)24-14-20-15-27(26-25-20)21-10-12-23-13-11-21/h2-13,15H,14H2,1H3,(H,24,28). The first-order valence-corrected chi connectivity index (χ1v) is 8.96. The van der Waals surface area contributed by atoms with Gasteiger partial charge >= 0.3 is 0 Å². The Labute approximate surface area is 162 Å². The van der Waals surface area contributed by atoms with Gasteiger partial charge in [0, 0.05) is 18.0 Å². The molecule has 1 amide bonds. The van der Waals surface area contributed by atoms with Crippen molar-refractivity contribution < 1.29 is 4.79 Å². The first-order chi connectivity index (χ1) is 13.7. The summed E-state index contributed by atoms with van der Waals surface area (Å²) >= 11 is 0. The highest BCUT2D eigenvalue weighted by Crippen LogP contribution is 2.20. The SMILES string of the molecule is Cc1ccc(-c2ccc(C(=O)NCc3cn(-c4ccncc4)nn3)cc2)cc1. The maximum Gasteiger partial charge on any atom is 0.251 e. The van der Waals surface area contributed by atoms with Crippen LogP contribution >= 0.6 is 0 Å². The van der Waals surface area contributed by atoms with Gasteiger partial charge in [0.2, 0.25) is 0 Å². The third-order valence-corrected chi connectivity index (χ3v) is 4.43. The van der Waals surface area contributed by atoms with Crippen LogP contribution in [0.5, 0.6) is 0 Å². The molecule has 0 saturated heterocycles. The van der Waals surface area contributed by atoms with Crippen LogP contribution in [0.15, 0.2) is 79.3 Å². The number of benzene rings is 2. The summed E-state index contributed by atoms with van der Waals surface area (Å²) in [5.41, 5.74) is 5.59. The number of aromatic nitrogens is 4. The molecule has 0 spiro atoms. The van der Waals surface area contributed by atoms with Crippen LogP contribution in [-0.4, -0.2) is 25.9 Å². The maximum absolute atomic E-state index is 12.4. The number of nitrogens with zero attached hydrogens (tertiary/aromatic N) is 4. The summed E-state index contributed by atoms with van der Waals surface area (Å²) in [5.74, 6) is -0.145. The molecular formula is C22H19N5O. The Morgan fingerprint density at radius 1 is 0.929 bits per heavy atom. The third kappa shape index (κ3) is 3.96. The van der Waals surface area contributed by atoms with E-state index in [1.165, 1.54) is 5.56 Å². The summed E-state index contributed by atoms with van der Waals surface area (Å²) in [6.45, 7) is 2.37. The fraction of sp³-hybridized carbons (Fsp3) is 0.0909. The second-order valence-corrected chi connectivity index (χ2v) is 6.49. The fourth-order valence-corrected chi connectivity index (χ4v) is 2.84. The molecule has 6 nitrogen and oxygen atoms in total. The van der Waals surface area contributed by atoms with Crippen molar-refractivity contribution in [1.29, 1.82) is 0 Å². The van der Waals surface area contributed by atoms with Gasteiger partial charge < -0.3 is 5.32 Å². The molecular weight excluding hydrogens is 350 g/mol. The molecule has 4 rings (SSSR count). The van der Waals surface area contributed by atoms with Crippen molar-refractivity contribution in [2.45, 2.75) is 13.5 Å². The van der Waals surface area contributed by atoms with Gasteiger partial charge in [-0.2, -0.15) is 0 Å². The molecule has 0 aliphatic carbocycles. The monoisotopic (exact) mass is 369 g/mol. The Kier molecular flexibility index (Phi) is 4.93. The Morgan fingerprint density at radius 2 is 1.57 bits per heavy atom. The molecule has 0 fully saturated rings. The summed E-state index contributed by atoms with van der Waals surface area (Å²) in [6, 6.07) is 19.6. The highest BCUT2D eigenvalue weighted by molar-refractivity contribution is 5.94. The van der Waals surface area contributed by atoms with Crippen LogP contribution in [0.1, 0.15) is 21.6 Å². The molecule has 2 aromatic carbocycles. The topological polar surface area (TPSA) is 72.7 Å². The molecule has 1 N–H and O–H groups in total. The number of hydrogen-bond acceptors (Lipinski definition) is 4. The zero-order valence-electron chi connectivity index (χ0n) is 15.4. The quantitative estimate of drug-likeness (QED) is 0.584. The van der Waals surface area contributed by atoms with Gasteiger partial charge in [0.1, 0.15) is 5.69 Å². The zero-order valence-corrected chi connectivity index (χ0v) is 15.4. The van der Waals surface area contributed by atoms with Crippen LogP contribution < -0.4 is 5.32 Å². The van der Waals surface area contributed by atoms with E-state index >= 15 is 0 Å². The van der Waals surface area contributed by atoms with E-state index in [0.717, 1.165) is 16.8 Å². The molecule has 0 saturated carbocycles. The Morgan fingerprint density at radius 3 is 2.25 bits per heavy atom. The highest BCUT2D eigenvalue weighted by Gasteiger charge is 2.08. The molecule has 0 unspecified atom stereocenters. The van der Waals surface area contributed by atoms with Crippen molar-refractivity contribution >= 4 is 5.91 Å². The maximum atomic E-state index is 12.4. The Hall–Kier alpha value is -3.80. The molecule has 0 radical (unpaired) electrons. The largest absolute Gasteiger partial charge is 0.346 e. The predicted molar refractivity (Wildman–Crippen MR) is 107 cm³/mol. The fourth-order valence-electron chi connectivity index (χ4n) is 2.84. The number of rotatable bonds is 5. The van der Waals surface area contributed by atoms with E-state index in [0.29, 0.717) is 17.8 Å². The molecule has 28 heavy (non-hydrogen) atoms. The normalized spacial score (nSPS) is 10.6. The predicted octanol–water partition coefficient (Wildman–Crippen LogP) is 3.57. The summed E-state index contributed by atoms with van der Waals surface area (Å²) in [5, 5.41) is 11.1. The number of pyridine rings is 1. The molecule has 0 aliphatic heterocycles. The number of amides is 1. The molecule has 4 aromatic rings. The van der Waals surface area contributed by atoms with Gasteiger partial charge in [-0.3, -0.25) is 9.78 Å². The van der Waals surface area contributed by atoms with Gasteiger partial charge in [-0.05, 0) is 42.3 Å². The zero-order chi connectivity index (χ0) is 19.3. The van der Waals surface area contributed by atoms with Crippen molar-refractivity contribution in [3.8, 4) is 16.8 Å². The number of carbonyl (C=O) groups is 1. The van der Waals surface area contributed by atoms with E-state index in [1.807, 2.05) is 36.4 Å². The molecule has 0 aliphatic rings.